The fourth-order valence-corrected chi connectivity index (χ4v) is 2.36. The molecular weight excluding hydrogens is 378 g/mol. The van der Waals surface area contributed by atoms with E-state index in [1.54, 1.807) is 13.0 Å². The Hall–Kier alpha value is -3.33. The fourth-order valence-electron chi connectivity index (χ4n) is 2.19. The van der Waals surface area contributed by atoms with Gasteiger partial charge in [0, 0.05) is 16.7 Å². The number of hydrogen-bond acceptors (Lipinski definition) is 6. The Morgan fingerprint density at radius 3 is 2.41 bits per heavy atom. The lowest BCUT2D eigenvalue weighted by atomic mass is 10.1. The van der Waals surface area contributed by atoms with Crippen LogP contribution in [0.2, 0.25) is 5.02 Å². The van der Waals surface area contributed by atoms with Crippen molar-refractivity contribution in [3.05, 3.63) is 62.7 Å². The van der Waals surface area contributed by atoms with Gasteiger partial charge in [0.25, 0.3) is 11.8 Å². The minimum atomic E-state index is -0.740. The van der Waals surface area contributed by atoms with Crippen LogP contribution in [0.1, 0.15) is 27.6 Å². The Kier molecular flexibility index (Phi) is 6.56. The molecule has 2 rings (SSSR count). The second-order valence-electron chi connectivity index (χ2n) is 5.13. The van der Waals surface area contributed by atoms with Gasteiger partial charge in [0.05, 0.1) is 24.2 Å². The molecule has 0 aliphatic carbocycles. The largest absolute Gasteiger partial charge is 0.496 e. The summed E-state index contributed by atoms with van der Waals surface area (Å²) in [6.45, 7) is 1.92. The van der Waals surface area contributed by atoms with Gasteiger partial charge in [0.1, 0.15) is 5.75 Å². The van der Waals surface area contributed by atoms with E-state index in [2.05, 4.69) is 10.9 Å². The fraction of sp³-hybridized carbons (Fsp3) is 0.176. The van der Waals surface area contributed by atoms with Crippen molar-refractivity contribution in [1.29, 1.82) is 0 Å². The minimum Gasteiger partial charge on any atom is -0.496 e. The molecule has 27 heavy (non-hydrogen) atoms. The third kappa shape index (κ3) is 4.85. The number of methoxy groups -OCH3 is 1. The molecule has 0 aliphatic rings. The number of hydrogen-bond donors (Lipinski definition) is 2. The SMILES string of the molecule is CCOc1ccc(C(=O)NNC(=O)c2cc(Cl)ccc2OC)cc1[N+](=O)[O-]. The van der Waals surface area contributed by atoms with E-state index in [9.17, 15) is 19.7 Å². The number of benzene rings is 2. The zero-order valence-corrected chi connectivity index (χ0v) is 15.2. The minimum absolute atomic E-state index is 0.0245. The Morgan fingerprint density at radius 2 is 1.78 bits per heavy atom. The first-order valence-corrected chi connectivity index (χ1v) is 8.10. The average molecular weight is 394 g/mol. The van der Waals surface area contributed by atoms with Crippen molar-refractivity contribution in [3.63, 3.8) is 0 Å². The maximum atomic E-state index is 12.2. The molecule has 0 unspecified atom stereocenters. The van der Waals surface area contributed by atoms with Gasteiger partial charge in [-0.2, -0.15) is 0 Å². The van der Waals surface area contributed by atoms with Crippen LogP contribution < -0.4 is 20.3 Å². The van der Waals surface area contributed by atoms with Crippen molar-refractivity contribution in [2.45, 2.75) is 6.92 Å². The maximum Gasteiger partial charge on any atom is 0.311 e. The average Bonchev–Trinajstić information content (AvgIpc) is 2.66. The van der Waals surface area contributed by atoms with Crippen LogP contribution in [0.25, 0.3) is 0 Å². The number of nitrogens with one attached hydrogen (secondary N) is 2. The van der Waals surface area contributed by atoms with Gasteiger partial charge in [-0.25, -0.2) is 0 Å². The Morgan fingerprint density at radius 1 is 1.11 bits per heavy atom. The van der Waals surface area contributed by atoms with Crippen molar-refractivity contribution in [2.75, 3.05) is 13.7 Å². The molecule has 2 amide bonds. The number of hydrazine groups is 1. The third-order valence-electron chi connectivity index (χ3n) is 3.41. The number of nitro benzene ring substituents is 1. The zero-order valence-electron chi connectivity index (χ0n) is 14.4. The summed E-state index contributed by atoms with van der Waals surface area (Å²) in [7, 11) is 1.39. The molecule has 0 fully saturated rings. The van der Waals surface area contributed by atoms with Crippen LogP contribution in [0.4, 0.5) is 5.69 Å². The molecule has 0 bridgehead atoms. The van der Waals surface area contributed by atoms with Gasteiger partial charge in [-0.15, -0.1) is 0 Å². The highest BCUT2D eigenvalue weighted by atomic mass is 35.5. The van der Waals surface area contributed by atoms with Gasteiger partial charge in [-0.05, 0) is 37.3 Å². The molecular formula is C17H16ClN3O6. The first-order valence-electron chi connectivity index (χ1n) is 7.72. The molecule has 0 saturated heterocycles. The van der Waals surface area contributed by atoms with E-state index >= 15 is 0 Å². The number of carbonyl (C=O) groups is 2. The number of carbonyl (C=O) groups excluding carboxylic acids is 2. The van der Waals surface area contributed by atoms with E-state index in [0.29, 0.717) is 5.02 Å². The molecule has 9 nitrogen and oxygen atoms in total. The van der Waals surface area contributed by atoms with Crippen LogP contribution in [-0.4, -0.2) is 30.5 Å². The molecule has 0 spiro atoms. The molecule has 0 radical (unpaired) electrons. The third-order valence-corrected chi connectivity index (χ3v) is 3.65. The van der Waals surface area contributed by atoms with Crippen LogP contribution in [0, 0.1) is 10.1 Å². The van der Waals surface area contributed by atoms with E-state index in [4.69, 9.17) is 21.1 Å². The lowest BCUT2D eigenvalue weighted by Gasteiger charge is -2.11. The highest BCUT2D eigenvalue weighted by molar-refractivity contribution is 6.31. The normalized spacial score (nSPS) is 10.0. The highest BCUT2D eigenvalue weighted by Gasteiger charge is 2.19. The van der Waals surface area contributed by atoms with E-state index in [1.165, 1.54) is 31.4 Å². The highest BCUT2D eigenvalue weighted by Crippen LogP contribution is 2.28. The van der Waals surface area contributed by atoms with Gasteiger partial charge in [0.15, 0.2) is 5.75 Å². The molecule has 0 atom stereocenters. The quantitative estimate of drug-likeness (QED) is 0.575. The summed E-state index contributed by atoms with van der Waals surface area (Å²) in [5, 5.41) is 11.4. The number of nitrogens with zero attached hydrogens (tertiary/aromatic N) is 1. The predicted octanol–water partition coefficient (Wildman–Crippen LogP) is 2.73. The summed E-state index contributed by atoms with van der Waals surface area (Å²) in [5.41, 5.74) is 4.13. The van der Waals surface area contributed by atoms with Crippen LogP contribution in [-0.2, 0) is 0 Å². The standard InChI is InChI=1S/C17H16ClN3O6/c1-3-27-15-6-4-10(8-13(15)21(24)25)16(22)19-20-17(23)12-9-11(18)5-7-14(12)26-2/h4-9H,3H2,1-2H3,(H,19,22)(H,20,23). The van der Waals surface area contributed by atoms with E-state index in [0.717, 1.165) is 6.07 Å². The molecule has 0 aliphatic heterocycles. The van der Waals surface area contributed by atoms with Gasteiger partial charge in [0.2, 0.25) is 0 Å². The van der Waals surface area contributed by atoms with Gasteiger partial charge in [-0.3, -0.25) is 30.6 Å². The summed E-state index contributed by atoms with van der Waals surface area (Å²) in [5.74, 6) is -1.09. The monoisotopic (exact) mass is 393 g/mol. The van der Waals surface area contributed by atoms with Crippen LogP contribution in [0.3, 0.4) is 0 Å². The van der Waals surface area contributed by atoms with Crippen molar-refractivity contribution >= 4 is 29.1 Å². The molecule has 0 saturated carbocycles. The topological polar surface area (TPSA) is 120 Å². The van der Waals surface area contributed by atoms with Gasteiger partial charge in [-0.1, -0.05) is 11.6 Å². The first kappa shape index (κ1) is 20.0. The van der Waals surface area contributed by atoms with E-state index < -0.39 is 16.7 Å². The molecule has 2 N–H and O–H groups in total. The summed E-state index contributed by atoms with van der Waals surface area (Å²) < 4.78 is 10.2. The second-order valence-corrected chi connectivity index (χ2v) is 5.56. The number of nitro groups is 1. The predicted molar refractivity (Wildman–Crippen MR) is 97.2 cm³/mol. The number of rotatable bonds is 6. The summed E-state index contributed by atoms with van der Waals surface area (Å²) in [4.78, 5) is 34.9. The Bertz CT molecular complexity index is 887. The van der Waals surface area contributed by atoms with Crippen molar-refractivity contribution in [3.8, 4) is 11.5 Å². The molecule has 0 heterocycles. The second kappa shape index (κ2) is 8.86. The van der Waals surface area contributed by atoms with Gasteiger partial charge >= 0.3 is 5.69 Å². The molecule has 10 heteroatoms. The Balaban J connectivity index is 2.14. The van der Waals surface area contributed by atoms with Crippen LogP contribution in [0.5, 0.6) is 11.5 Å². The molecule has 0 aromatic heterocycles. The van der Waals surface area contributed by atoms with Gasteiger partial charge < -0.3 is 9.47 Å². The molecule has 2 aromatic rings. The summed E-state index contributed by atoms with van der Waals surface area (Å²) >= 11 is 5.87. The van der Waals surface area contributed by atoms with E-state index in [1.807, 2.05) is 0 Å². The van der Waals surface area contributed by atoms with Crippen LogP contribution in [0.15, 0.2) is 36.4 Å². The molecule has 2 aromatic carbocycles. The molecule has 142 valence electrons. The summed E-state index contributed by atoms with van der Waals surface area (Å²) in [6, 6.07) is 8.16. The van der Waals surface area contributed by atoms with Crippen molar-refractivity contribution in [2.24, 2.45) is 0 Å². The smallest absolute Gasteiger partial charge is 0.311 e. The lowest BCUT2D eigenvalue weighted by Crippen LogP contribution is -2.41. The van der Waals surface area contributed by atoms with Crippen molar-refractivity contribution in [1.82, 2.24) is 10.9 Å². The first-order chi connectivity index (χ1) is 12.9. The lowest BCUT2D eigenvalue weighted by molar-refractivity contribution is -0.385. The number of amides is 2. The number of ether oxygens (including phenoxy) is 2. The Labute approximate surface area is 159 Å². The van der Waals surface area contributed by atoms with Crippen LogP contribution >= 0.6 is 11.6 Å². The number of halogens is 1. The maximum absolute atomic E-state index is 12.2. The summed E-state index contributed by atoms with van der Waals surface area (Å²) in [6.07, 6.45) is 0. The zero-order chi connectivity index (χ0) is 20.0. The van der Waals surface area contributed by atoms with Crippen molar-refractivity contribution < 1.29 is 24.0 Å². The van der Waals surface area contributed by atoms with E-state index in [-0.39, 0.29) is 34.9 Å².